The van der Waals surface area contributed by atoms with Crippen molar-refractivity contribution in [3.63, 3.8) is 0 Å². The number of alkyl carbamates (subject to hydrolysis) is 1. The number of amides is 1. The molecule has 1 heterocycles. The van der Waals surface area contributed by atoms with Crippen LogP contribution in [0.2, 0.25) is 0 Å². The zero-order chi connectivity index (χ0) is 26.9. The first kappa shape index (κ1) is 26.2. The van der Waals surface area contributed by atoms with Crippen molar-refractivity contribution in [1.82, 2.24) is 5.32 Å². The molecule has 0 spiro atoms. The van der Waals surface area contributed by atoms with E-state index >= 15 is 0 Å². The normalized spacial score (nSPS) is 13.1. The molecule has 1 amide bonds. The highest BCUT2D eigenvalue weighted by atomic mass is 16.6. The van der Waals surface area contributed by atoms with Crippen LogP contribution in [0.5, 0.6) is 28.7 Å². The van der Waals surface area contributed by atoms with Crippen LogP contribution in [0.3, 0.4) is 0 Å². The lowest BCUT2D eigenvalue weighted by Gasteiger charge is -2.24. The fraction of sp³-hybridized carbons (Fsp3) is 0.292. The molecule has 12 nitrogen and oxygen atoms in total. The fourth-order valence-corrected chi connectivity index (χ4v) is 3.19. The third-order valence-electron chi connectivity index (χ3n) is 4.77. The summed E-state index contributed by atoms with van der Waals surface area (Å²) in [4.78, 5) is 38.4. The predicted octanol–water partition coefficient (Wildman–Crippen LogP) is 2.46. The molecule has 12 heteroatoms. The van der Waals surface area contributed by atoms with Gasteiger partial charge in [-0.3, -0.25) is 4.79 Å². The standard InChI is InChI=1S/C24H25NO11/c1-10(26)18(25-23(33)36-24(2,3)4)22(32)35-21-19(31)17-15(30)8-12(27)9-16(17)34-20(21)11-5-6-13(28)14(29)7-11/h5-10,18,26-30H,1-4H3,(H,25,33)/t10-,18+/m1/s1. The lowest BCUT2D eigenvalue weighted by Crippen LogP contribution is -2.51. The van der Waals surface area contributed by atoms with Gasteiger partial charge in [0.05, 0.1) is 6.10 Å². The van der Waals surface area contributed by atoms with E-state index in [2.05, 4.69) is 5.32 Å². The first-order valence-corrected chi connectivity index (χ1v) is 10.6. The third-order valence-corrected chi connectivity index (χ3v) is 4.77. The number of benzene rings is 2. The van der Waals surface area contributed by atoms with Gasteiger partial charge in [-0.1, -0.05) is 0 Å². The summed E-state index contributed by atoms with van der Waals surface area (Å²) in [7, 11) is 0. The highest BCUT2D eigenvalue weighted by molar-refractivity contribution is 5.90. The first-order valence-electron chi connectivity index (χ1n) is 10.6. The molecule has 0 aliphatic carbocycles. The maximum absolute atomic E-state index is 13.3. The van der Waals surface area contributed by atoms with Crippen LogP contribution in [0.25, 0.3) is 22.3 Å². The quantitative estimate of drug-likeness (QED) is 0.221. The maximum Gasteiger partial charge on any atom is 0.408 e. The number of hydrogen-bond donors (Lipinski definition) is 6. The van der Waals surface area contributed by atoms with Crippen LogP contribution < -0.4 is 15.5 Å². The molecular formula is C24H25NO11. The molecule has 3 rings (SSSR count). The average Bonchev–Trinajstić information content (AvgIpc) is 2.73. The van der Waals surface area contributed by atoms with Gasteiger partial charge in [0.15, 0.2) is 23.3 Å². The molecule has 192 valence electrons. The second kappa shape index (κ2) is 9.66. The van der Waals surface area contributed by atoms with E-state index in [0.29, 0.717) is 0 Å². The van der Waals surface area contributed by atoms with Crippen LogP contribution >= 0.6 is 0 Å². The summed E-state index contributed by atoms with van der Waals surface area (Å²) in [6.07, 6.45) is -2.52. The number of aliphatic hydroxyl groups excluding tert-OH is 1. The lowest BCUT2D eigenvalue weighted by molar-refractivity contribution is -0.139. The van der Waals surface area contributed by atoms with Gasteiger partial charge in [-0.15, -0.1) is 0 Å². The summed E-state index contributed by atoms with van der Waals surface area (Å²) in [5, 5.41) is 51.4. The van der Waals surface area contributed by atoms with Crippen LogP contribution in [-0.4, -0.2) is 55.3 Å². The largest absolute Gasteiger partial charge is 0.508 e. The molecule has 0 saturated carbocycles. The fourth-order valence-electron chi connectivity index (χ4n) is 3.19. The van der Waals surface area contributed by atoms with Crippen LogP contribution in [-0.2, 0) is 9.53 Å². The van der Waals surface area contributed by atoms with Crippen molar-refractivity contribution in [2.45, 2.75) is 45.4 Å². The minimum atomic E-state index is -1.68. The van der Waals surface area contributed by atoms with Crippen LogP contribution in [0.15, 0.2) is 39.5 Å². The van der Waals surface area contributed by atoms with E-state index in [1.165, 1.54) is 13.0 Å². The number of aliphatic hydroxyl groups is 1. The van der Waals surface area contributed by atoms with Crippen molar-refractivity contribution in [3.8, 4) is 40.1 Å². The second-order valence-corrected chi connectivity index (χ2v) is 8.92. The third kappa shape index (κ3) is 5.61. The van der Waals surface area contributed by atoms with Gasteiger partial charge in [0.2, 0.25) is 11.2 Å². The number of carbonyl (C=O) groups excluding carboxylic acids is 2. The lowest BCUT2D eigenvalue weighted by atomic mass is 10.1. The van der Waals surface area contributed by atoms with E-state index in [9.17, 15) is 39.9 Å². The molecule has 0 aliphatic rings. The Labute approximate surface area is 203 Å². The molecule has 0 saturated heterocycles. The SMILES string of the molecule is C[C@@H](O)[C@H](NC(=O)OC(C)(C)C)C(=O)Oc1c(-c2ccc(O)c(O)c2)oc2cc(O)cc(O)c2c1=O. The number of phenols is 4. The van der Waals surface area contributed by atoms with Crippen LogP contribution in [0.1, 0.15) is 27.7 Å². The van der Waals surface area contributed by atoms with Crippen molar-refractivity contribution in [3.05, 3.63) is 40.6 Å². The molecule has 0 bridgehead atoms. The molecule has 36 heavy (non-hydrogen) atoms. The average molecular weight is 503 g/mol. The minimum absolute atomic E-state index is 0.0244. The Bertz CT molecular complexity index is 1390. The van der Waals surface area contributed by atoms with Crippen molar-refractivity contribution < 1.29 is 49.0 Å². The van der Waals surface area contributed by atoms with Gasteiger partial charge in [-0.05, 0) is 45.9 Å². The molecule has 1 aromatic heterocycles. The van der Waals surface area contributed by atoms with Crippen LogP contribution in [0.4, 0.5) is 4.79 Å². The smallest absolute Gasteiger partial charge is 0.408 e. The Morgan fingerprint density at radius 3 is 2.25 bits per heavy atom. The topological polar surface area (TPSA) is 196 Å². The molecule has 6 N–H and O–H groups in total. The molecule has 0 aliphatic heterocycles. The number of rotatable bonds is 5. The molecule has 0 unspecified atom stereocenters. The number of fused-ring (bicyclic) bond motifs is 1. The van der Waals surface area contributed by atoms with E-state index in [1.807, 2.05) is 0 Å². The summed E-state index contributed by atoms with van der Waals surface area (Å²) in [5.74, 6) is -4.60. The van der Waals surface area contributed by atoms with Crippen molar-refractivity contribution in [1.29, 1.82) is 0 Å². The Kier molecular flexibility index (Phi) is 7.02. The summed E-state index contributed by atoms with van der Waals surface area (Å²) in [6, 6.07) is 3.58. The molecule has 0 radical (unpaired) electrons. The first-order chi connectivity index (χ1) is 16.7. The molecule has 2 atom stereocenters. The number of hydrogen-bond acceptors (Lipinski definition) is 11. The Hall–Kier alpha value is -4.45. The summed E-state index contributed by atoms with van der Waals surface area (Å²) in [5.41, 5.74) is -2.25. The zero-order valence-electron chi connectivity index (χ0n) is 19.7. The number of phenolic OH excluding ortho intramolecular Hbond substituents is 4. The van der Waals surface area contributed by atoms with Crippen molar-refractivity contribution >= 4 is 23.0 Å². The number of nitrogens with one attached hydrogen (secondary N) is 1. The molecular weight excluding hydrogens is 478 g/mol. The van der Waals surface area contributed by atoms with E-state index in [1.54, 1.807) is 20.8 Å². The highest BCUT2D eigenvalue weighted by Crippen LogP contribution is 2.38. The van der Waals surface area contributed by atoms with Gasteiger partial charge < -0.3 is 44.7 Å². The molecule has 0 fully saturated rings. The second-order valence-electron chi connectivity index (χ2n) is 8.92. The van der Waals surface area contributed by atoms with Crippen molar-refractivity contribution in [2.24, 2.45) is 0 Å². The van der Waals surface area contributed by atoms with Gasteiger partial charge in [0, 0.05) is 17.7 Å². The summed E-state index contributed by atoms with van der Waals surface area (Å²) >= 11 is 0. The van der Waals surface area contributed by atoms with Gasteiger partial charge in [-0.2, -0.15) is 0 Å². The van der Waals surface area contributed by atoms with E-state index < -0.39 is 75.1 Å². The predicted molar refractivity (Wildman–Crippen MR) is 125 cm³/mol. The Balaban J connectivity index is 2.13. The van der Waals surface area contributed by atoms with E-state index in [0.717, 1.165) is 24.3 Å². The van der Waals surface area contributed by atoms with Crippen molar-refractivity contribution in [2.75, 3.05) is 0 Å². The van der Waals surface area contributed by atoms with E-state index in [4.69, 9.17) is 13.9 Å². The van der Waals surface area contributed by atoms with Gasteiger partial charge in [0.1, 0.15) is 28.1 Å². The Morgan fingerprint density at radius 2 is 1.67 bits per heavy atom. The summed E-state index contributed by atoms with van der Waals surface area (Å²) in [6.45, 7) is 5.96. The van der Waals surface area contributed by atoms with Gasteiger partial charge in [0.25, 0.3) is 0 Å². The molecule has 3 aromatic rings. The van der Waals surface area contributed by atoms with Crippen LogP contribution in [0, 0.1) is 0 Å². The monoisotopic (exact) mass is 503 g/mol. The number of esters is 1. The maximum atomic E-state index is 13.3. The molecule has 2 aromatic carbocycles. The zero-order valence-corrected chi connectivity index (χ0v) is 19.7. The number of ether oxygens (including phenoxy) is 2. The Morgan fingerprint density at radius 1 is 1.00 bits per heavy atom. The van der Waals surface area contributed by atoms with Gasteiger partial charge >= 0.3 is 12.1 Å². The number of carbonyl (C=O) groups is 2. The minimum Gasteiger partial charge on any atom is -0.508 e. The summed E-state index contributed by atoms with van der Waals surface area (Å²) < 4.78 is 16.0. The number of aromatic hydroxyl groups is 4. The highest BCUT2D eigenvalue weighted by Gasteiger charge is 2.32. The van der Waals surface area contributed by atoms with E-state index in [-0.39, 0.29) is 11.1 Å². The van der Waals surface area contributed by atoms with Gasteiger partial charge in [-0.25, -0.2) is 9.59 Å².